The Balaban J connectivity index is 1.77. The van der Waals surface area contributed by atoms with E-state index in [9.17, 15) is 0 Å². The van der Waals surface area contributed by atoms with Crippen LogP contribution in [0, 0.1) is 0 Å². The van der Waals surface area contributed by atoms with Crippen molar-refractivity contribution >= 4 is 17.1 Å². The molecule has 2 rings (SSSR count). The highest BCUT2D eigenvalue weighted by atomic mass is 15.1. The minimum absolute atomic E-state index is 0.893. The standard InChI is InChI=1S/C34H55N3/c1-3-5-7-9-11-13-15-17-22-30-37(31-23-18-16-14-12-10-8-6-4-2)34-28-26-33(27-29-34)36-35-32-24-20-19-21-25-32/h19-21,24-29H,3-18,22-23,30-31H2,1-2H3. The average molecular weight is 506 g/mol. The largest absolute Gasteiger partial charge is 0.372 e. The summed E-state index contributed by atoms with van der Waals surface area (Å²) in [6.07, 6.45) is 24.9. The molecule has 0 aliphatic heterocycles. The fourth-order valence-electron chi connectivity index (χ4n) is 4.94. The zero-order valence-corrected chi connectivity index (χ0v) is 24.2. The SMILES string of the molecule is CCCCCCCCCCCN(CCCCCCCCCCC)c1ccc(N=Nc2ccccc2)cc1. The van der Waals surface area contributed by atoms with Gasteiger partial charge in [0.1, 0.15) is 0 Å². The van der Waals surface area contributed by atoms with E-state index < -0.39 is 0 Å². The molecule has 0 saturated carbocycles. The fourth-order valence-corrected chi connectivity index (χ4v) is 4.94. The van der Waals surface area contributed by atoms with Gasteiger partial charge in [0.2, 0.25) is 0 Å². The molecule has 0 bridgehead atoms. The van der Waals surface area contributed by atoms with Gasteiger partial charge in [0, 0.05) is 18.8 Å². The number of unbranched alkanes of at least 4 members (excludes halogenated alkanes) is 16. The van der Waals surface area contributed by atoms with Gasteiger partial charge >= 0.3 is 0 Å². The first kappa shape index (κ1) is 31.1. The Labute approximate surface area is 229 Å². The van der Waals surface area contributed by atoms with E-state index in [0.29, 0.717) is 0 Å². The van der Waals surface area contributed by atoms with Crippen molar-refractivity contribution in [3.05, 3.63) is 54.6 Å². The van der Waals surface area contributed by atoms with E-state index in [-0.39, 0.29) is 0 Å². The molecule has 0 radical (unpaired) electrons. The van der Waals surface area contributed by atoms with E-state index in [4.69, 9.17) is 0 Å². The summed E-state index contributed by atoms with van der Waals surface area (Å²) in [4.78, 5) is 2.61. The lowest BCUT2D eigenvalue weighted by Gasteiger charge is -2.25. The van der Waals surface area contributed by atoms with Gasteiger partial charge in [-0.05, 0) is 49.2 Å². The summed E-state index contributed by atoms with van der Waals surface area (Å²) < 4.78 is 0. The van der Waals surface area contributed by atoms with Crippen LogP contribution in [-0.2, 0) is 0 Å². The molecule has 2 aromatic rings. The predicted molar refractivity (Wildman–Crippen MR) is 164 cm³/mol. The number of anilines is 1. The molecular weight excluding hydrogens is 450 g/mol. The van der Waals surface area contributed by atoms with Crippen LogP contribution in [0.5, 0.6) is 0 Å². The number of hydrogen-bond donors (Lipinski definition) is 0. The minimum atomic E-state index is 0.893. The van der Waals surface area contributed by atoms with Crippen molar-refractivity contribution < 1.29 is 0 Å². The van der Waals surface area contributed by atoms with Gasteiger partial charge in [-0.25, -0.2) is 0 Å². The van der Waals surface area contributed by atoms with Crippen LogP contribution in [0.1, 0.15) is 129 Å². The van der Waals surface area contributed by atoms with E-state index in [2.05, 4.69) is 53.2 Å². The van der Waals surface area contributed by atoms with Gasteiger partial charge in [-0.2, -0.15) is 10.2 Å². The van der Waals surface area contributed by atoms with Crippen LogP contribution in [-0.4, -0.2) is 13.1 Å². The number of hydrogen-bond acceptors (Lipinski definition) is 3. The molecule has 37 heavy (non-hydrogen) atoms. The van der Waals surface area contributed by atoms with Crippen molar-refractivity contribution in [2.75, 3.05) is 18.0 Å². The highest BCUT2D eigenvalue weighted by Crippen LogP contribution is 2.23. The molecule has 0 fully saturated rings. The lowest BCUT2D eigenvalue weighted by molar-refractivity contribution is 0.548. The molecule has 0 saturated heterocycles. The predicted octanol–water partition coefficient (Wildman–Crippen LogP) is 12.0. The number of nitrogens with zero attached hydrogens (tertiary/aromatic N) is 3. The van der Waals surface area contributed by atoms with Crippen molar-refractivity contribution in [2.45, 2.75) is 129 Å². The highest BCUT2D eigenvalue weighted by Gasteiger charge is 2.07. The molecule has 0 aliphatic carbocycles. The van der Waals surface area contributed by atoms with E-state index in [1.807, 2.05) is 30.3 Å². The van der Waals surface area contributed by atoms with Gasteiger partial charge in [-0.1, -0.05) is 135 Å². The van der Waals surface area contributed by atoms with Crippen LogP contribution < -0.4 is 4.90 Å². The summed E-state index contributed by atoms with van der Waals surface area (Å²) in [6, 6.07) is 18.7. The monoisotopic (exact) mass is 505 g/mol. The summed E-state index contributed by atoms with van der Waals surface area (Å²) in [5.41, 5.74) is 3.14. The Hall–Kier alpha value is -2.16. The zero-order valence-electron chi connectivity index (χ0n) is 24.2. The van der Waals surface area contributed by atoms with Crippen LogP contribution >= 0.6 is 0 Å². The average Bonchev–Trinajstić information content (AvgIpc) is 2.94. The van der Waals surface area contributed by atoms with Crippen LogP contribution in [0.3, 0.4) is 0 Å². The maximum absolute atomic E-state index is 4.43. The van der Waals surface area contributed by atoms with Crippen molar-refractivity contribution in [3.8, 4) is 0 Å². The van der Waals surface area contributed by atoms with Gasteiger partial charge < -0.3 is 4.90 Å². The number of rotatable bonds is 23. The van der Waals surface area contributed by atoms with Gasteiger partial charge in [0.25, 0.3) is 0 Å². The Kier molecular flexibility index (Phi) is 18.4. The van der Waals surface area contributed by atoms with E-state index >= 15 is 0 Å². The van der Waals surface area contributed by atoms with Gasteiger partial charge in [-0.15, -0.1) is 0 Å². The van der Waals surface area contributed by atoms with Gasteiger partial charge in [0.15, 0.2) is 0 Å². The molecule has 0 spiro atoms. The number of azo groups is 1. The fraction of sp³-hybridized carbons (Fsp3) is 0.647. The maximum atomic E-state index is 4.43. The number of benzene rings is 2. The molecule has 3 nitrogen and oxygen atoms in total. The van der Waals surface area contributed by atoms with E-state index in [0.717, 1.165) is 24.5 Å². The van der Waals surface area contributed by atoms with Crippen LogP contribution in [0.4, 0.5) is 17.1 Å². The Morgan fingerprint density at radius 2 is 0.811 bits per heavy atom. The summed E-state index contributed by atoms with van der Waals surface area (Å²) >= 11 is 0. The molecule has 0 aliphatic rings. The molecule has 0 aromatic heterocycles. The molecule has 0 N–H and O–H groups in total. The third-order valence-electron chi connectivity index (χ3n) is 7.32. The second-order valence-corrected chi connectivity index (χ2v) is 10.7. The maximum Gasteiger partial charge on any atom is 0.0858 e. The zero-order chi connectivity index (χ0) is 26.2. The Morgan fingerprint density at radius 1 is 0.432 bits per heavy atom. The topological polar surface area (TPSA) is 28.0 Å². The van der Waals surface area contributed by atoms with Crippen molar-refractivity contribution in [1.29, 1.82) is 0 Å². The molecule has 3 heteroatoms. The lowest BCUT2D eigenvalue weighted by Crippen LogP contribution is -2.25. The third kappa shape index (κ3) is 15.6. The van der Waals surface area contributed by atoms with E-state index in [1.54, 1.807) is 0 Å². The molecular formula is C34H55N3. The Bertz CT molecular complexity index is 762. The minimum Gasteiger partial charge on any atom is -0.372 e. The van der Waals surface area contributed by atoms with Crippen molar-refractivity contribution in [1.82, 2.24) is 0 Å². The van der Waals surface area contributed by atoms with Crippen LogP contribution in [0.2, 0.25) is 0 Å². The first-order valence-electron chi connectivity index (χ1n) is 15.6. The highest BCUT2D eigenvalue weighted by molar-refractivity contribution is 5.53. The third-order valence-corrected chi connectivity index (χ3v) is 7.32. The molecule has 2 aromatic carbocycles. The second-order valence-electron chi connectivity index (χ2n) is 10.7. The Morgan fingerprint density at radius 3 is 1.24 bits per heavy atom. The summed E-state index contributed by atoms with van der Waals surface area (Å²) in [6.45, 7) is 6.92. The van der Waals surface area contributed by atoms with Crippen molar-refractivity contribution in [3.63, 3.8) is 0 Å². The van der Waals surface area contributed by atoms with Crippen LogP contribution in [0.25, 0.3) is 0 Å². The molecule has 0 heterocycles. The molecule has 0 unspecified atom stereocenters. The first-order chi connectivity index (χ1) is 18.3. The lowest BCUT2D eigenvalue weighted by atomic mass is 10.1. The molecule has 0 atom stereocenters. The van der Waals surface area contributed by atoms with Gasteiger partial charge in [-0.3, -0.25) is 0 Å². The molecule has 206 valence electrons. The van der Waals surface area contributed by atoms with Crippen molar-refractivity contribution in [2.24, 2.45) is 10.2 Å². The normalized spacial score (nSPS) is 11.4. The van der Waals surface area contributed by atoms with Gasteiger partial charge in [0.05, 0.1) is 11.4 Å². The quantitative estimate of drug-likeness (QED) is 0.109. The second kappa shape index (κ2) is 21.9. The van der Waals surface area contributed by atoms with E-state index in [1.165, 1.54) is 121 Å². The summed E-state index contributed by atoms with van der Waals surface area (Å²) in [7, 11) is 0. The summed E-state index contributed by atoms with van der Waals surface area (Å²) in [5, 5.41) is 8.79. The van der Waals surface area contributed by atoms with Crippen LogP contribution in [0.15, 0.2) is 64.8 Å². The smallest absolute Gasteiger partial charge is 0.0858 e. The molecule has 0 amide bonds. The first-order valence-corrected chi connectivity index (χ1v) is 15.6. The summed E-state index contributed by atoms with van der Waals surface area (Å²) in [5.74, 6) is 0.